The number of benzene rings is 1. The summed E-state index contributed by atoms with van der Waals surface area (Å²) in [6.07, 6.45) is 2.82. The van der Waals surface area contributed by atoms with Gasteiger partial charge in [-0.15, -0.1) is 11.3 Å². The smallest absolute Gasteiger partial charge is 0.108 e. The van der Waals surface area contributed by atoms with Gasteiger partial charge in [-0.25, -0.2) is 4.98 Å². The quantitative estimate of drug-likeness (QED) is 0.876. The second-order valence-corrected chi connectivity index (χ2v) is 5.77. The normalized spacial score (nSPS) is 15.8. The maximum Gasteiger partial charge on any atom is 0.108 e. The SMILES string of the molecule is Cc1ccc2nc(CNCC3CC3)sc2c1. The molecular weight excluding hydrogens is 216 g/mol. The van der Waals surface area contributed by atoms with Crippen molar-refractivity contribution in [1.82, 2.24) is 10.3 Å². The van der Waals surface area contributed by atoms with Crippen LogP contribution in [0.25, 0.3) is 10.2 Å². The van der Waals surface area contributed by atoms with Gasteiger partial charge in [-0.1, -0.05) is 6.07 Å². The first-order valence-corrected chi connectivity index (χ1v) is 6.70. The fraction of sp³-hybridized carbons (Fsp3) is 0.462. The summed E-state index contributed by atoms with van der Waals surface area (Å²) in [7, 11) is 0. The van der Waals surface area contributed by atoms with Crippen LogP contribution in [-0.4, -0.2) is 11.5 Å². The van der Waals surface area contributed by atoms with Crippen LogP contribution in [-0.2, 0) is 6.54 Å². The summed E-state index contributed by atoms with van der Waals surface area (Å²) >= 11 is 1.81. The van der Waals surface area contributed by atoms with Crippen LogP contribution in [0.5, 0.6) is 0 Å². The maximum absolute atomic E-state index is 4.63. The molecule has 1 aromatic heterocycles. The highest BCUT2D eigenvalue weighted by Crippen LogP contribution is 2.28. The Morgan fingerprint density at radius 3 is 3.12 bits per heavy atom. The zero-order valence-corrected chi connectivity index (χ0v) is 10.3. The van der Waals surface area contributed by atoms with Gasteiger partial charge in [0.25, 0.3) is 0 Å². The van der Waals surface area contributed by atoms with E-state index in [9.17, 15) is 0 Å². The molecule has 0 spiro atoms. The summed E-state index contributed by atoms with van der Waals surface area (Å²) in [6.45, 7) is 4.22. The Hall–Kier alpha value is -0.930. The molecule has 84 valence electrons. The highest BCUT2D eigenvalue weighted by molar-refractivity contribution is 7.18. The number of hydrogen-bond donors (Lipinski definition) is 1. The van der Waals surface area contributed by atoms with Crippen molar-refractivity contribution in [3.8, 4) is 0 Å². The van der Waals surface area contributed by atoms with E-state index in [0.717, 1.165) is 24.5 Å². The lowest BCUT2D eigenvalue weighted by atomic mass is 10.2. The largest absolute Gasteiger partial charge is 0.310 e. The Labute approximate surface area is 99.7 Å². The summed E-state index contributed by atoms with van der Waals surface area (Å²) in [5.41, 5.74) is 2.45. The lowest BCUT2D eigenvalue weighted by molar-refractivity contribution is 0.637. The van der Waals surface area contributed by atoms with E-state index in [2.05, 4.69) is 35.4 Å². The Morgan fingerprint density at radius 1 is 1.44 bits per heavy atom. The van der Waals surface area contributed by atoms with E-state index in [0.29, 0.717) is 0 Å². The van der Waals surface area contributed by atoms with Crippen molar-refractivity contribution in [2.75, 3.05) is 6.54 Å². The molecule has 0 saturated heterocycles. The number of nitrogens with zero attached hydrogens (tertiary/aromatic N) is 1. The molecule has 2 aromatic rings. The molecule has 0 bridgehead atoms. The summed E-state index contributed by atoms with van der Waals surface area (Å²) in [4.78, 5) is 4.63. The van der Waals surface area contributed by atoms with Gasteiger partial charge >= 0.3 is 0 Å². The number of aromatic nitrogens is 1. The van der Waals surface area contributed by atoms with Crippen molar-refractivity contribution in [3.05, 3.63) is 28.8 Å². The molecule has 16 heavy (non-hydrogen) atoms. The minimum Gasteiger partial charge on any atom is -0.310 e. The first-order chi connectivity index (χ1) is 7.81. The molecule has 1 aromatic carbocycles. The van der Waals surface area contributed by atoms with Crippen LogP contribution in [0.4, 0.5) is 0 Å². The first kappa shape index (κ1) is 10.2. The van der Waals surface area contributed by atoms with Gasteiger partial charge in [0.05, 0.1) is 10.2 Å². The molecule has 1 saturated carbocycles. The molecule has 1 fully saturated rings. The average molecular weight is 232 g/mol. The zero-order valence-electron chi connectivity index (χ0n) is 9.49. The maximum atomic E-state index is 4.63. The Morgan fingerprint density at radius 2 is 2.31 bits per heavy atom. The van der Waals surface area contributed by atoms with E-state index in [4.69, 9.17) is 0 Å². The molecule has 0 amide bonds. The summed E-state index contributed by atoms with van der Waals surface area (Å²) in [5, 5.41) is 4.70. The van der Waals surface area contributed by atoms with Crippen molar-refractivity contribution in [1.29, 1.82) is 0 Å². The fourth-order valence-electron chi connectivity index (χ4n) is 1.86. The van der Waals surface area contributed by atoms with Crippen molar-refractivity contribution in [3.63, 3.8) is 0 Å². The molecular formula is C13H16N2S. The predicted molar refractivity (Wildman–Crippen MR) is 68.8 cm³/mol. The lowest BCUT2D eigenvalue weighted by Gasteiger charge is -1.98. The third-order valence-electron chi connectivity index (χ3n) is 2.99. The topological polar surface area (TPSA) is 24.9 Å². The van der Waals surface area contributed by atoms with Gasteiger partial charge in [0.15, 0.2) is 0 Å². The number of hydrogen-bond acceptors (Lipinski definition) is 3. The standard InChI is InChI=1S/C13H16N2S/c1-9-2-5-11-12(6-9)16-13(15-11)8-14-7-10-3-4-10/h2,5-6,10,14H,3-4,7-8H2,1H3. The van der Waals surface area contributed by atoms with Gasteiger partial charge in [0.2, 0.25) is 0 Å². The minimum absolute atomic E-state index is 0.925. The third kappa shape index (κ3) is 2.25. The van der Waals surface area contributed by atoms with Crippen molar-refractivity contribution >= 4 is 21.6 Å². The minimum atomic E-state index is 0.925. The van der Waals surface area contributed by atoms with Gasteiger partial charge in [0.1, 0.15) is 5.01 Å². The molecule has 0 radical (unpaired) electrons. The van der Waals surface area contributed by atoms with E-state index >= 15 is 0 Å². The monoisotopic (exact) mass is 232 g/mol. The highest BCUT2D eigenvalue weighted by Gasteiger charge is 2.20. The lowest BCUT2D eigenvalue weighted by Crippen LogP contribution is -2.15. The van der Waals surface area contributed by atoms with Crippen molar-refractivity contribution in [2.45, 2.75) is 26.3 Å². The second-order valence-electron chi connectivity index (χ2n) is 4.65. The zero-order chi connectivity index (χ0) is 11.0. The molecule has 1 N–H and O–H groups in total. The van der Waals surface area contributed by atoms with E-state index in [-0.39, 0.29) is 0 Å². The number of rotatable bonds is 4. The second kappa shape index (κ2) is 4.15. The van der Waals surface area contributed by atoms with Crippen molar-refractivity contribution < 1.29 is 0 Å². The fourth-order valence-corrected chi connectivity index (χ4v) is 2.90. The summed E-state index contributed by atoms with van der Waals surface area (Å²) in [5.74, 6) is 0.941. The Bertz CT molecular complexity index is 500. The van der Waals surface area contributed by atoms with E-state index < -0.39 is 0 Å². The van der Waals surface area contributed by atoms with Crippen LogP contribution < -0.4 is 5.32 Å². The molecule has 1 heterocycles. The van der Waals surface area contributed by atoms with E-state index in [1.807, 2.05) is 11.3 Å². The predicted octanol–water partition coefficient (Wildman–Crippen LogP) is 3.10. The van der Waals surface area contributed by atoms with Gasteiger partial charge in [0, 0.05) is 6.54 Å². The van der Waals surface area contributed by atoms with Gasteiger partial charge in [-0.3, -0.25) is 0 Å². The van der Waals surface area contributed by atoms with Crippen LogP contribution >= 0.6 is 11.3 Å². The van der Waals surface area contributed by atoms with Gasteiger partial charge < -0.3 is 5.32 Å². The average Bonchev–Trinajstić information content (AvgIpc) is 2.98. The molecule has 1 aliphatic carbocycles. The van der Waals surface area contributed by atoms with Crippen LogP contribution in [0, 0.1) is 12.8 Å². The van der Waals surface area contributed by atoms with Crippen LogP contribution in [0.3, 0.4) is 0 Å². The van der Waals surface area contributed by atoms with E-state index in [1.54, 1.807) is 0 Å². The number of aryl methyl sites for hydroxylation is 1. The van der Waals surface area contributed by atoms with Crippen molar-refractivity contribution in [2.24, 2.45) is 5.92 Å². The third-order valence-corrected chi connectivity index (χ3v) is 4.01. The van der Waals surface area contributed by atoms with Crippen LogP contribution in [0.2, 0.25) is 0 Å². The van der Waals surface area contributed by atoms with Crippen LogP contribution in [0.1, 0.15) is 23.4 Å². The molecule has 2 nitrogen and oxygen atoms in total. The molecule has 1 aliphatic rings. The molecule has 0 aliphatic heterocycles. The number of nitrogens with one attached hydrogen (secondary N) is 1. The molecule has 3 rings (SSSR count). The van der Waals surface area contributed by atoms with Gasteiger partial charge in [-0.2, -0.15) is 0 Å². The molecule has 3 heteroatoms. The Balaban J connectivity index is 1.71. The molecule has 0 atom stereocenters. The number of thiazole rings is 1. The summed E-state index contributed by atoms with van der Waals surface area (Å²) in [6, 6.07) is 6.46. The molecule has 0 unspecified atom stereocenters. The number of fused-ring (bicyclic) bond motifs is 1. The summed E-state index contributed by atoms with van der Waals surface area (Å²) < 4.78 is 1.31. The highest BCUT2D eigenvalue weighted by atomic mass is 32.1. The first-order valence-electron chi connectivity index (χ1n) is 5.88. The van der Waals surface area contributed by atoms with Crippen LogP contribution in [0.15, 0.2) is 18.2 Å². The van der Waals surface area contributed by atoms with Gasteiger partial charge in [-0.05, 0) is 49.9 Å². The van der Waals surface area contributed by atoms with E-state index in [1.165, 1.54) is 28.1 Å². The Kier molecular flexibility index (Phi) is 2.65.